The van der Waals surface area contributed by atoms with E-state index in [2.05, 4.69) is 5.32 Å². The quantitative estimate of drug-likeness (QED) is 0.675. The molecule has 0 spiro atoms. The molecule has 1 rings (SSSR count). The van der Waals surface area contributed by atoms with Crippen molar-refractivity contribution in [3.8, 4) is 0 Å². The van der Waals surface area contributed by atoms with Gasteiger partial charge in [-0.25, -0.2) is 4.39 Å². The van der Waals surface area contributed by atoms with Crippen LogP contribution in [0.3, 0.4) is 0 Å². The zero-order valence-corrected chi connectivity index (χ0v) is 6.63. The van der Waals surface area contributed by atoms with Crippen LogP contribution in [-0.2, 0) is 0 Å². The van der Waals surface area contributed by atoms with Crippen LogP contribution in [0.5, 0.6) is 0 Å². The molecule has 0 fully saturated rings. The van der Waals surface area contributed by atoms with E-state index >= 15 is 0 Å². The average molecular weight is 166 g/mol. The molecule has 0 amide bonds. The third-order valence-electron chi connectivity index (χ3n) is 1.42. The summed E-state index contributed by atoms with van der Waals surface area (Å²) in [6.07, 6.45) is 1.92. The number of nitrogens with two attached hydrogens (primary N) is 1. The molecule has 0 aromatic heterocycles. The van der Waals surface area contributed by atoms with Crippen LogP contribution in [0.4, 0.5) is 15.8 Å². The van der Waals surface area contributed by atoms with E-state index in [4.69, 9.17) is 5.73 Å². The van der Waals surface area contributed by atoms with Crippen molar-refractivity contribution in [1.29, 1.82) is 0 Å². The maximum atomic E-state index is 11.5. The van der Waals surface area contributed by atoms with E-state index < -0.39 is 0 Å². The lowest BCUT2D eigenvalue weighted by atomic mass is 10.3. The van der Waals surface area contributed by atoms with Crippen molar-refractivity contribution < 1.29 is 4.39 Å². The van der Waals surface area contributed by atoms with Gasteiger partial charge >= 0.3 is 0 Å². The fourth-order valence-corrected chi connectivity index (χ4v) is 0.822. The van der Waals surface area contributed by atoms with Gasteiger partial charge in [-0.15, -0.1) is 0 Å². The topological polar surface area (TPSA) is 38.0 Å². The Morgan fingerprint density at radius 1 is 1.33 bits per heavy atom. The molecule has 3 heteroatoms. The Balaban J connectivity index is 2.47. The van der Waals surface area contributed by atoms with Gasteiger partial charge in [-0.05, 0) is 30.3 Å². The predicted molar refractivity (Wildman–Crippen MR) is 49.6 cm³/mol. The van der Waals surface area contributed by atoms with Crippen molar-refractivity contribution in [3.63, 3.8) is 0 Å². The molecule has 2 nitrogen and oxygen atoms in total. The van der Waals surface area contributed by atoms with E-state index in [1.165, 1.54) is 6.08 Å². The third kappa shape index (κ3) is 2.62. The second-order valence-corrected chi connectivity index (χ2v) is 2.36. The van der Waals surface area contributed by atoms with Gasteiger partial charge in [0.05, 0.1) is 6.33 Å². The highest BCUT2D eigenvalue weighted by Gasteiger charge is 1.87. The van der Waals surface area contributed by atoms with E-state index in [1.807, 2.05) is 12.1 Å². The van der Waals surface area contributed by atoms with Crippen LogP contribution in [0, 0.1) is 0 Å². The molecule has 0 radical (unpaired) electrons. The minimum Gasteiger partial charge on any atom is -0.399 e. The molecule has 0 bridgehead atoms. The zero-order valence-electron chi connectivity index (χ0n) is 6.63. The van der Waals surface area contributed by atoms with Crippen molar-refractivity contribution in [1.82, 2.24) is 0 Å². The molecule has 0 heterocycles. The number of anilines is 2. The summed E-state index contributed by atoms with van der Waals surface area (Å²) < 4.78 is 11.5. The summed E-state index contributed by atoms with van der Waals surface area (Å²) >= 11 is 0. The lowest BCUT2D eigenvalue weighted by Gasteiger charge is -2.02. The summed E-state index contributed by atoms with van der Waals surface area (Å²) in [6.45, 7) is 0.487. The normalized spacial score (nSPS) is 10.4. The fourth-order valence-electron chi connectivity index (χ4n) is 0.822. The molecule has 1 aromatic rings. The van der Waals surface area contributed by atoms with Gasteiger partial charge in [-0.1, -0.05) is 0 Å². The first-order chi connectivity index (χ1) is 5.83. The summed E-state index contributed by atoms with van der Waals surface area (Å²) in [5.41, 5.74) is 7.14. The molecule has 0 aliphatic rings. The van der Waals surface area contributed by atoms with Crippen LogP contribution in [0.1, 0.15) is 0 Å². The summed E-state index contributed by atoms with van der Waals surface area (Å²) in [5.74, 6) is 0. The number of nitrogen functional groups attached to an aromatic ring is 1. The molecular formula is C9H11FN2. The molecule has 0 saturated carbocycles. The minimum atomic E-state index is 0.487. The Bertz CT molecular complexity index is 254. The van der Waals surface area contributed by atoms with Gasteiger partial charge in [-0.3, -0.25) is 0 Å². The SMILES string of the molecule is Nc1ccc(NCC=CF)cc1. The molecule has 0 aliphatic heterocycles. The zero-order chi connectivity index (χ0) is 8.81. The van der Waals surface area contributed by atoms with Crippen LogP contribution in [0.15, 0.2) is 36.7 Å². The lowest BCUT2D eigenvalue weighted by molar-refractivity contribution is 0.718. The highest BCUT2D eigenvalue weighted by molar-refractivity contribution is 5.51. The largest absolute Gasteiger partial charge is 0.399 e. The smallest absolute Gasteiger partial charge is 0.0844 e. The van der Waals surface area contributed by atoms with Crippen LogP contribution in [-0.4, -0.2) is 6.54 Å². The second-order valence-electron chi connectivity index (χ2n) is 2.36. The monoisotopic (exact) mass is 166 g/mol. The van der Waals surface area contributed by atoms with Crippen LogP contribution in [0.2, 0.25) is 0 Å². The van der Waals surface area contributed by atoms with Gasteiger partial charge < -0.3 is 11.1 Å². The van der Waals surface area contributed by atoms with Crippen molar-refractivity contribution in [3.05, 3.63) is 36.7 Å². The maximum absolute atomic E-state index is 11.5. The summed E-state index contributed by atoms with van der Waals surface area (Å²) in [6, 6.07) is 7.28. The number of nitrogens with one attached hydrogen (secondary N) is 1. The molecule has 0 saturated heterocycles. The molecular weight excluding hydrogens is 155 g/mol. The number of rotatable bonds is 3. The lowest BCUT2D eigenvalue weighted by Crippen LogP contribution is -1.97. The van der Waals surface area contributed by atoms with Crippen LogP contribution >= 0.6 is 0 Å². The van der Waals surface area contributed by atoms with Gasteiger partial charge in [-0.2, -0.15) is 0 Å². The standard InChI is InChI=1S/C9H11FN2/c10-6-1-7-12-9-4-2-8(11)3-5-9/h1-6,12H,7,11H2. The number of halogens is 1. The molecule has 0 atom stereocenters. The Labute approximate surface area is 70.9 Å². The van der Waals surface area contributed by atoms with E-state index in [0.29, 0.717) is 12.9 Å². The molecule has 1 aromatic carbocycles. The molecule has 12 heavy (non-hydrogen) atoms. The first-order valence-corrected chi connectivity index (χ1v) is 3.67. The average Bonchev–Trinajstić information content (AvgIpc) is 2.09. The highest BCUT2D eigenvalue weighted by Crippen LogP contribution is 2.09. The maximum Gasteiger partial charge on any atom is 0.0844 e. The first-order valence-electron chi connectivity index (χ1n) is 3.67. The van der Waals surface area contributed by atoms with E-state index in [9.17, 15) is 4.39 Å². The summed E-state index contributed by atoms with van der Waals surface area (Å²) in [4.78, 5) is 0. The minimum absolute atomic E-state index is 0.487. The molecule has 0 unspecified atom stereocenters. The van der Waals surface area contributed by atoms with Crippen LogP contribution < -0.4 is 11.1 Å². The van der Waals surface area contributed by atoms with Crippen molar-refractivity contribution >= 4 is 11.4 Å². The van der Waals surface area contributed by atoms with Gasteiger partial charge in [0.1, 0.15) is 0 Å². The number of benzene rings is 1. The van der Waals surface area contributed by atoms with Crippen molar-refractivity contribution in [2.45, 2.75) is 0 Å². The number of hydrogen-bond donors (Lipinski definition) is 2. The Kier molecular flexibility index (Phi) is 3.14. The van der Waals surface area contributed by atoms with E-state index in [0.717, 1.165) is 11.4 Å². The molecule has 0 aliphatic carbocycles. The Hall–Kier alpha value is -1.51. The van der Waals surface area contributed by atoms with Gasteiger partial charge in [0.2, 0.25) is 0 Å². The van der Waals surface area contributed by atoms with Gasteiger partial charge in [0.15, 0.2) is 0 Å². The summed E-state index contributed by atoms with van der Waals surface area (Å²) in [7, 11) is 0. The summed E-state index contributed by atoms with van der Waals surface area (Å²) in [5, 5.41) is 2.99. The fraction of sp³-hybridized carbons (Fsp3) is 0.111. The van der Waals surface area contributed by atoms with Crippen molar-refractivity contribution in [2.75, 3.05) is 17.6 Å². The van der Waals surface area contributed by atoms with Crippen molar-refractivity contribution in [2.24, 2.45) is 0 Å². The first kappa shape index (κ1) is 8.59. The predicted octanol–water partition coefficient (Wildman–Crippen LogP) is 2.16. The van der Waals surface area contributed by atoms with E-state index in [1.54, 1.807) is 12.1 Å². The Morgan fingerprint density at radius 2 is 2.00 bits per heavy atom. The van der Waals surface area contributed by atoms with Gasteiger partial charge in [0, 0.05) is 17.9 Å². The molecule has 3 N–H and O–H groups in total. The third-order valence-corrected chi connectivity index (χ3v) is 1.42. The second kappa shape index (κ2) is 4.38. The number of hydrogen-bond acceptors (Lipinski definition) is 2. The van der Waals surface area contributed by atoms with Crippen LogP contribution in [0.25, 0.3) is 0 Å². The highest BCUT2D eigenvalue weighted by atomic mass is 19.1. The Morgan fingerprint density at radius 3 is 2.58 bits per heavy atom. The van der Waals surface area contributed by atoms with E-state index in [-0.39, 0.29) is 0 Å². The molecule has 64 valence electrons. The van der Waals surface area contributed by atoms with Gasteiger partial charge in [0.25, 0.3) is 0 Å².